The molecule has 1 fully saturated rings. The van der Waals surface area contributed by atoms with Gasteiger partial charge in [-0.1, -0.05) is 40.9 Å². The summed E-state index contributed by atoms with van der Waals surface area (Å²) in [5, 5.41) is 4.01. The zero-order valence-corrected chi connectivity index (χ0v) is 16.0. The second kappa shape index (κ2) is 7.70. The second-order valence-corrected chi connectivity index (χ2v) is 6.99. The average Bonchev–Trinajstić information content (AvgIpc) is 2.90. The Morgan fingerprint density at radius 1 is 1.31 bits per heavy atom. The summed E-state index contributed by atoms with van der Waals surface area (Å²) in [5.41, 5.74) is 1.21. The molecule has 26 heavy (non-hydrogen) atoms. The van der Waals surface area contributed by atoms with Crippen LogP contribution in [0, 0.1) is 0 Å². The maximum atomic E-state index is 12.6. The van der Waals surface area contributed by atoms with Gasteiger partial charge in [0.25, 0.3) is 0 Å². The number of aromatic nitrogens is 1. The smallest absolute Gasteiger partial charge is 0.325 e. The van der Waals surface area contributed by atoms with E-state index in [0.717, 1.165) is 5.56 Å². The number of hydrogen-bond acceptors (Lipinski definition) is 3. The van der Waals surface area contributed by atoms with Crippen molar-refractivity contribution in [2.24, 2.45) is 0 Å². The van der Waals surface area contributed by atoms with Crippen molar-refractivity contribution in [1.82, 2.24) is 15.2 Å². The van der Waals surface area contributed by atoms with Gasteiger partial charge in [0.05, 0.1) is 12.2 Å². The van der Waals surface area contributed by atoms with Crippen LogP contribution >= 0.6 is 34.8 Å². The summed E-state index contributed by atoms with van der Waals surface area (Å²) >= 11 is 18.0. The first-order valence-corrected chi connectivity index (χ1v) is 8.88. The molecule has 0 spiro atoms. The van der Waals surface area contributed by atoms with Crippen molar-refractivity contribution < 1.29 is 9.59 Å². The van der Waals surface area contributed by atoms with Gasteiger partial charge in [0.15, 0.2) is 5.15 Å². The third-order valence-corrected chi connectivity index (χ3v) is 5.03. The molecule has 2 aromatic rings. The number of benzene rings is 1. The van der Waals surface area contributed by atoms with Crippen molar-refractivity contribution >= 4 is 52.4 Å². The topological polar surface area (TPSA) is 65.5 Å². The minimum absolute atomic E-state index is 0.181. The average molecular weight is 414 g/mol. The van der Waals surface area contributed by atoms with Crippen LogP contribution in [-0.4, -0.2) is 41.5 Å². The number of carbonyl (C=O) groups is 2. The van der Waals surface area contributed by atoms with Crippen LogP contribution in [0.2, 0.25) is 15.2 Å². The standard InChI is InChI=1S/C17H15Cl3N4O2/c1-23-14(9-24(17(23)26)13-3-2-6-21-15(13)20)16(25)22-8-10-4-5-11(18)7-12(10)19/h2-7,14H,8-9H2,1H3,(H,22,25)/t14-/m0/s1. The van der Waals surface area contributed by atoms with Gasteiger partial charge in [-0.15, -0.1) is 0 Å². The number of anilines is 1. The SMILES string of the molecule is CN1C(=O)N(c2cccnc2Cl)C[C@H]1C(=O)NCc1ccc(Cl)cc1Cl. The summed E-state index contributed by atoms with van der Waals surface area (Å²) in [6.07, 6.45) is 1.54. The van der Waals surface area contributed by atoms with E-state index in [4.69, 9.17) is 34.8 Å². The van der Waals surface area contributed by atoms with E-state index < -0.39 is 6.04 Å². The molecule has 0 aliphatic carbocycles. The Hall–Kier alpha value is -2.02. The van der Waals surface area contributed by atoms with E-state index in [1.54, 1.807) is 37.4 Å². The summed E-state index contributed by atoms with van der Waals surface area (Å²) in [4.78, 5) is 31.8. The first kappa shape index (κ1) is 18.8. The van der Waals surface area contributed by atoms with Gasteiger partial charge in [-0.2, -0.15) is 0 Å². The normalized spacial score (nSPS) is 16.9. The zero-order chi connectivity index (χ0) is 18.8. The lowest BCUT2D eigenvalue weighted by atomic mass is 10.2. The summed E-state index contributed by atoms with van der Waals surface area (Å²) in [5.74, 6) is -0.283. The molecule has 1 aromatic heterocycles. The minimum Gasteiger partial charge on any atom is -0.350 e. The largest absolute Gasteiger partial charge is 0.350 e. The number of pyridine rings is 1. The third-order valence-electron chi connectivity index (χ3n) is 4.16. The maximum Gasteiger partial charge on any atom is 0.325 e. The number of halogens is 3. The highest BCUT2D eigenvalue weighted by atomic mass is 35.5. The Bertz CT molecular complexity index is 862. The first-order chi connectivity index (χ1) is 12.4. The minimum atomic E-state index is -0.648. The highest BCUT2D eigenvalue weighted by Gasteiger charge is 2.40. The van der Waals surface area contributed by atoms with Crippen molar-refractivity contribution in [3.05, 3.63) is 57.3 Å². The number of nitrogens with one attached hydrogen (secondary N) is 1. The Kier molecular flexibility index (Phi) is 5.55. The summed E-state index contributed by atoms with van der Waals surface area (Å²) in [7, 11) is 1.58. The number of nitrogens with zero attached hydrogens (tertiary/aromatic N) is 3. The molecule has 0 radical (unpaired) electrons. The van der Waals surface area contributed by atoms with E-state index in [9.17, 15) is 9.59 Å². The van der Waals surface area contributed by atoms with Gasteiger partial charge in [-0.05, 0) is 29.8 Å². The molecule has 3 rings (SSSR count). The van der Waals surface area contributed by atoms with E-state index >= 15 is 0 Å². The van der Waals surface area contributed by atoms with Gasteiger partial charge in [0.1, 0.15) is 6.04 Å². The molecule has 9 heteroatoms. The Morgan fingerprint density at radius 2 is 2.08 bits per heavy atom. The second-order valence-electron chi connectivity index (χ2n) is 5.79. The van der Waals surface area contributed by atoms with E-state index in [-0.39, 0.29) is 30.2 Å². The van der Waals surface area contributed by atoms with Gasteiger partial charge in [0.2, 0.25) is 5.91 Å². The monoisotopic (exact) mass is 412 g/mol. The summed E-state index contributed by atoms with van der Waals surface area (Å²) in [6.45, 7) is 0.419. The van der Waals surface area contributed by atoms with E-state index in [1.807, 2.05) is 0 Å². The molecule has 2 heterocycles. The van der Waals surface area contributed by atoms with Gasteiger partial charge < -0.3 is 10.2 Å². The molecular weight excluding hydrogens is 399 g/mol. The van der Waals surface area contributed by atoms with E-state index in [1.165, 1.54) is 16.0 Å². The van der Waals surface area contributed by atoms with Crippen molar-refractivity contribution in [3.63, 3.8) is 0 Å². The Balaban J connectivity index is 1.70. The number of urea groups is 1. The number of likely N-dealkylation sites (N-methyl/N-ethyl adjacent to an activating group) is 1. The van der Waals surface area contributed by atoms with Crippen LogP contribution in [0.4, 0.5) is 10.5 Å². The molecule has 1 aromatic carbocycles. The van der Waals surface area contributed by atoms with Crippen LogP contribution in [0.25, 0.3) is 0 Å². The van der Waals surface area contributed by atoms with Gasteiger partial charge in [0, 0.05) is 29.8 Å². The highest BCUT2D eigenvalue weighted by molar-refractivity contribution is 6.35. The fraction of sp³-hybridized carbons (Fsp3) is 0.235. The molecule has 6 nitrogen and oxygen atoms in total. The highest BCUT2D eigenvalue weighted by Crippen LogP contribution is 2.28. The fourth-order valence-corrected chi connectivity index (χ4v) is 3.40. The number of carbonyl (C=O) groups excluding carboxylic acids is 2. The van der Waals surface area contributed by atoms with Gasteiger partial charge in [-0.3, -0.25) is 9.69 Å². The van der Waals surface area contributed by atoms with E-state index in [0.29, 0.717) is 15.7 Å². The first-order valence-electron chi connectivity index (χ1n) is 7.75. The molecule has 0 saturated carbocycles. The van der Waals surface area contributed by atoms with Crippen molar-refractivity contribution in [1.29, 1.82) is 0 Å². The zero-order valence-electron chi connectivity index (χ0n) is 13.7. The molecule has 1 saturated heterocycles. The Labute approximate surface area is 165 Å². The van der Waals surface area contributed by atoms with Crippen LogP contribution in [0.3, 0.4) is 0 Å². The number of hydrogen-bond donors (Lipinski definition) is 1. The predicted octanol–water partition coefficient (Wildman–Crippen LogP) is 3.60. The molecule has 0 bridgehead atoms. The summed E-state index contributed by atoms with van der Waals surface area (Å²) in [6, 6.07) is 7.47. The number of amides is 3. The third kappa shape index (κ3) is 3.72. The van der Waals surface area contributed by atoms with Crippen LogP contribution in [-0.2, 0) is 11.3 Å². The Morgan fingerprint density at radius 3 is 2.77 bits per heavy atom. The lowest BCUT2D eigenvalue weighted by Gasteiger charge is -2.17. The summed E-state index contributed by atoms with van der Waals surface area (Å²) < 4.78 is 0. The predicted molar refractivity (Wildman–Crippen MR) is 102 cm³/mol. The number of rotatable bonds is 4. The van der Waals surface area contributed by atoms with Crippen LogP contribution in [0.5, 0.6) is 0 Å². The van der Waals surface area contributed by atoms with Crippen LogP contribution < -0.4 is 10.2 Å². The fourth-order valence-electron chi connectivity index (χ4n) is 2.70. The van der Waals surface area contributed by atoms with Crippen LogP contribution in [0.1, 0.15) is 5.56 Å². The van der Waals surface area contributed by atoms with Crippen molar-refractivity contribution in [2.75, 3.05) is 18.5 Å². The molecule has 1 N–H and O–H groups in total. The molecule has 1 aliphatic heterocycles. The molecule has 3 amide bonds. The van der Waals surface area contributed by atoms with Crippen molar-refractivity contribution in [3.8, 4) is 0 Å². The lowest BCUT2D eigenvalue weighted by molar-refractivity contribution is -0.124. The van der Waals surface area contributed by atoms with E-state index in [2.05, 4.69) is 10.3 Å². The molecular formula is C17H15Cl3N4O2. The quantitative estimate of drug-likeness (QED) is 0.779. The lowest BCUT2D eigenvalue weighted by Crippen LogP contribution is -2.43. The van der Waals surface area contributed by atoms with Gasteiger partial charge >= 0.3 is 6.03 Å². The molecule has 1 aliphatic rings. The molecule has 136 valence electrons. The maximum absolute atomic E-state index is 12.6. The van der Waals surface area contributed by atoms with Crippen LogP contribution in [0.15, 0.2) is 36.5 Å². The van der Waals surface area contributed by atoms with Gasteiger partial charge in [-0.25, -0.2) is 9.78 Å². The van der Waals surface area contributed by atoms with Crippen molar-refractivity contribution in [2.45, 2.75) is 12.6 Å². The molecule has 1 atom stereocenters. The molecule has 0 unspecified atom stereocenters.